The van der Waals surface area contributed by atoms with Crippen LogP contribution in [0.5, 0.6) is 0 Å². The molecule has 3 aromatic rings. The molecule has 2 amide bonds. The first-order valence-electron chi connectivity index (χ1n) is 8.65. The predicted molar refractivity (Wildman–Crippen MR) is 116 cm³/mol. The summed E-state index contributed by atoms with van der Waals surface area (Å²) in [5.41, 5.74) is 3.56. The van der Waals surface area contributed by atoms with Crippen LogP contribution in [-0.2, 0) is 9.59 Å². The van der Waals surface area contributed by atoms with E-state index in [1.165, 1.54) is 13.0 Å². The van der Waals surface area contributed by atoms with Crippen molar-refractivity contribution in [2.75, 3.05) is 5.32 Å². The van der Waals surface area contributed by atoms with Gasteiger partial charge in [0.1, 0.15) is 0 Å². The molecule has 0 saturated carbocycles. The van der Waals surface area contributed by atoms with Crippen molar-refractivity contribution in [3.05, 3.63) is 93.1 Å². The number of halogens is 1. The quantitative estimate of drug-likeness (QED) is 0.543. The van der Waals surface area contributed by atoms with E-state index >= 15 is 0 Å². The highest BCUT2D eigenvalue weighted by Crippen LogP contribution is 2.25. The van der Waals surface area contributed by atoms with Crippen LogP contribution in [0, 0.1) is 0 Å². The van der Waals surface area contributed by atoms with Crippen LogP contribution >= 0.6 is 22.9 Å². The van der Waals surface area contributed by atoms with Crippen molar-refractivity contribution < 1.29 is 9.59 Å². The minimum Gasteiger partial charge on any atom is -0.342 e. The number of carbonyl (C=O) groups excluding carboxylic acids is 2. The van der Waals surface area contributed by atoms with Crippen LogP contribution in [0.25, 0.3) is 6.08 Å². The van der Waals surface area contributed by atoms with E-state index in [2.05, 4.69) is 10.6 Å². The molecule has 6 heteroatoms. The maximum absolute atomic E-state index is 12.5. The minimum absolute atomic E-state index is 0.121. The molecule has 0 aliphatic heterocycles. The molecule has 2 aromatic carbocycles. The van der Waals surface area contributed by atoms with Gasteiger partial charge in [0.25, 0.3) is 0 Å². The lowest BCUT2D eigenvalue weighted by molar-refractivity contribution is -0.117. The highest BCUT2D eigenvalue weighted by atomic mass is 35.5. The molecule has 3 rings (SSSR count). The predicted octanol–water partition coefficient (Wildman–Crippen LogP) is 5.28. The lowest BCUT2D eigenvalue weighted by Crippen LogP contribution is -2.27. The van der Waals surface area contributed by atoms with Gasteiger partial charge in [-0.1, -0.05) is 35.9 Å². The number of rotatable bonds is 6. The van der Waals surface area contributed by atoms with Gasteiger partial charge in [0, 0.05) is 23.7 Å². The molecule has 142 valence electrons. The van der Waals surface area contributed by atoms with E-state index in [9.17, 15) is 9.59 Å². The fourth-order valence-corrected chi connectivity index (χ4v) is 3.51. The highest BCUT2D eigenvalue weighted by molar-refractivity contribution is 7.08. The highest BCUT2D eigenvalue weighted by Gasteiger charge is 2.16. The first-order valence-corrected chi connectivity index (χ1v) is 9.97. The summed E-state index contributed by atoms with van der Waals surface area (Å²) in [6.45, 7) is 1.46. The molecule has 0 saturated heterocycles. The van der Waals surface area contributed by atoms with E-state index in [0.29, 0.717) is 5.02 Å². The van der Waals surface area contributed by atoms with Gasteiger partial charge in [-0.05, 0) is 63.9 Å². The summed E-state index contributed by atoms with van der Waals surface area (Å²) in [6.07, 6.45) is 3.24. The van der Waals surface area contributed by atoms with Crippen molar-refractivity contribution in [1.82, 2.24) is 5.32 Å². The summed E-state index contributed by atoms with van der Waals surface area (Å²) in [5.74, 6) is -0.318. The molecule has 1 heterocycles. The molecule has 0 radical (unpaired) electrons. The molecule has 0 fully saturated rings. The summed E-state index contributed by atoms with van der Waals surface area (Å²) in [6, 6.07) is 16.5. The zero-order valence-electron chi connectivity index (χ0n) is 15.2. The van der Waals surface area contributed by atoms with E-state index in [1.807, 2.05) is 53.2 Å². The Morgan fingerprint density at radius 2 is 1.71 bits per heavy atom. The van der Waals surface area contributed by atoms with Gasteiger partial charge in [-0.25, -0.2) is 0 Å². The zero-order valence-corrected chi connectivity index (χ0v) is 16.8. The monoisotopic (exact) mass is 410 g/mol. The average molecular weight is 411 g/mol. The third-order valence-electron chi connectivity index (χ3n) is 4.02. The molecule has 1 unspecified atom stereocenters. The summed E-state index contributed by atoms with van der Waals surface area (Å²) >= 11 is 7.57. The lowest BCUT2D eigenvalue weighted by Gasteiger charge is -2.17. The van der Waals surface area contributed by atoms with Crippen LogP contribution in [0.1, 0.15) is 29.7 Å². The summed E-state index contributed by atoms with van der Waals surface area (Å²) in [4.78, 5) is 23.6. The number of hydrogen-bond acceptors (Lipinski definition) is 3. The molecular weight excluding hydrogens is 392 g/mol. The molecule has 28 heavy (non-hydrogen) atoms. The Morgan fingerprint density at radius 3 is 2.32 bits per heavy atom. The van der Waals surface area contributed by atoms with Gasteiger partial charge in [0.05, 0.1) is 6.04 Å². The van der Waals surface area contributed by atoms with Crippen LogP contribution in [0.2, 0.25) is 5.02 Å². The van der Waals surface area contributed by atoms with Crippen molar-refractivity contribution in [3.8, 4) is 0 Å². The Morgan fingerprint density at radius 1 is 1.00 bits per heavy atom. The third kappa shape index (κ3) is 5.55. The maximum atomic E-state index is 12.5. The van der Waals surface area contributed by atoms with Gasteiger partial charge in [-0.15, -0.1) is 0 Å². The minimum atomic E-state index is -0.247. The second-order valence-electron chi connectivity index (χ2n) is 6.19. The fourth-order valence-electron chi connectivity index (χ4n) is 2.70. The van der Waals surface area contributed by atoms with Gasteiger partial charge >= 0.3 is 0 Å². The van der Waals surface area contributed by atoms with E-state index in [0.717, 1.165) is 22.4 Å². The Kier molecular flexibility index (Phi) is 6.63. The van der Waals surface area contributed by atoms with E-state index < -0.39 is 0 Å². The number of hydrogen-bond donors (Lipinski definition) is 2. The lowest BCUT2D eigenvalue weighted by atomic mass is 10.0. The number of thiophene rings is 1. The van der Waals surface area contributed by atoms with Gasteiger partial charge in [-0.3, -0.25) is 9.59 Å². The first-order chi connectivity index (χ1) is 13.5. The molecule has 1 aromatic heterocycles. The van der Waals surface area contributed by atoms with Gasteiger partial charge in [0.15, 0.2) is 0 Å². The topological polar surface area (TPSA) is 58.2 Å². The number of anilines is 1. The second kappa shape index (κ2) is 9.35. The van der Waals surface area contributed by atoms with Crippen molar-refractivity contribution in [2.24, 2.45) is 0 Å². The van der Waals surface area contributed by atoms with Crippen molar-refractivity contribution in [2.45, 2.75) is 13.0 Å². The van der Waals surface area contributed by atoms with Crippen molar-refractivity contribution in [1.29, 1.82) is 0 Å². The molecule has 0 aliphatic carbocycles. The average Bonchev–Trinajstić information content (AvgIpc) is 3.20. The molecule has 2 N–H and O–H groups in total. The van der Waals surface area contributed by atoms with Crippen LogP contribution in [0.15, 0.2) is 71.4 Å². The largest absolute Gasteiger partial charge is 0.342 e. The Balaban J connectivity index is 1.71. The smallest absolute Gasteiger partial charge is 0.244 e. The first kappa shape index (κ1) is 19.9. The van der Waals surface area contributed by atoms with Gasteiger partial charge < -0.3 is 10.6 Å². The molecule has 0 bridgehead atoms. The normalized spacial score (nSPS) is 11.9. The third-order valence-corrected chi connectivity index (χ3v) is 4.98. The summed E-state index contributed by atoms with van der Waals surface area (Å²) in [5, 5.41) is 10.4. The second-order valence-corrected chi connectivity index (χ2v) is 7.40. The summed E-state index contributed by atoms with van der Waals surface area (Å²) < 4.78 is 0. The molecule has 0 aliphatic rings. The number of carbonyl (C=O) groups is 2. The number of nitrogens with one attached hydrogen (secondary N) is 2. The maximum Gasteiger partial charge on any atom is 0.244 e. The van der Waals surface area contributed by atoms with Crippen molar-refractivity contribution >= 4 is 46.5 Å². The molecule has 1 atom stereocenters. The fraction of sp³-hybridized carbons (Fsp3) is 0.0909. The van der Waals surface area contributed by atoms with Crippen LogP contribution < -0.4 is 10.6 Å². The number of amides is 2. The van der Waals surface area contributed by atoms with E-state index in [4.69, 9.17) is 11.6 Å². The molecule has 4 nitrogen and oxygen atoms in total. The van der Waals surface area contributed by atoms with Crippen LogP contribution in [0.3, 0.4) is 0 Å². The number of benzene rings is 2. The van der Waals surface area contributed by atoms with E-state index in [1.54, 1.807) is 29.5 Å². The van der Waals surface area contributed by atoms with Gasteiger partial charge in [0.2, 0.25) is 11.8 Å². The van der Waals surface area contributed by atoms with Crippen LogP contribution in [0.4, 0.5) is 5.69 Å². The standard InChI is InChI=1S/C22H19ClN2O2S/c1-15(26)24-20-9-2-16(3-10-20)4-11-21(27)25-22(18-12-13-28-14-18)17-5-7-19(23)8-6-17/h2-14,22H,1H3,(H,24,26)(H,25,27)/b11-4+. The van der Waals surface area contributed by atoms with Crippen LogP contribution in [-0.4, -0.2) is 11.8 Å². The zero-order chi connectivity index (χ0) is 19.9. The Bertz CT molecular complexity index is 965. The molecular formula is C22H19ClN2O2S. The van der Waals surface area contributed by atoms with Crippen molar-refractivity contribution in [3.63, 3.8) is 0 Å². The Hall–Kier alpha value is -2.89. The van der Waals surface area contributed by atoms with Gasteiger partial charge in [-0.2, -0.15) is 11.3 Å². The van der Waals surface area contributed by atoms with E-state index in [-0.39, 0.29) is 17.9 Å². The summed E-state index contributed by atoms with van der Waals surface area (Å²) in [7, 11) is 0. The SMILES string of the molecule is CC(=O)Nc1ccc(/C=C/C(=O)NC(c2ccc(Cl)cc2)c2ccsc2)cc1. The molecule has 0 spiro atoms. The Labute approximate surface area is 172 Å².